The fraction of sp³-hybridized carbons (Fsp3) is 0.533. The third-order valence-corrected chi connectivity index (χ3v) is 4.27. The van der Waals surface area contributed by atoms with Gasteiger partial charge in [-0.25, -0.2) is 0 Å². The second-order valence-electron chi connectivity index (χ2n) is 5.51. The summed E-state index contributed by atoms with van der Waals surface area (Å²) in [6.45, 7) is 5.63. The molecule has 2 unspecified atom stereocenters. The Morgan fingerprint density at radius 2 is 2.00 bits per heavy atom. The molecule has 2 heterocycles. The Labute approximate surface area is 109 Å². The second kappa shape index (κ2) is 4.73. The predicted octanol–water partition coefficient (Wildman–Crippen LogP) is 2.18. The van der Waals surface area contributed by atoms with Gasteiger partial charge in [-0.05, 0) is 26.3 Å². The van der Waals surface area contributed by atoms with E-state index >= 15 is 0 Å². The van der Waals surface area contributed by atoms with Crippen LogP contribution >= 0.6 is 0 Å². The van der Waals surface area contributed by atoms with E-state index in [1.165, 1.54) is 19.4 Å². The Hall–Kier alpha value is -1.35. The summed E-state index contributed by atoms with van der Waals surface area (Å²) in [6, 6.07) is 11.2. The van der Waals surface area contributed by atoms with E-state index in [4.69, 9.17) is 5.41 Å². The Morgan fingerprint density at radius 3 is 2.78 bits per heavy atom. The van der Waals surface area contributed by atoms with Gasteiger partial charge in [-0.1, -0.05) is 30.3 Å². The number of nitrogens with zero attached hydrogens (tertiary/aromatic N) is 2. The number of benzene rings is 1. The molecule has 0 bridgehead atoms. The lowest BCUT2D eigenvalue weighted by atomic mass is 10.1. The van der Waals surface area contributed by atoms with Gasteiger partial charge < -0.3 is 4.90 Å². The highest BCUT2D eigenvalue weighted by Crippen LogP contribution is 2.25. The largest absolute Gasteiger partial charge is 0.351 e. The highest BCUT2D eigenvalue weighted by Gasteiger charge is 2.35. The molecule has 0 amide bonds. The lowest BCUT2D eigenvalue weighted by molar-refractivity contribution is 0.109. The van der Waals surface area contributed by atoms with Crippen LogP contribution in [0.1, 0.15) is 25.3 Å². The van der Waals surface area contributed by atoms with Gasteiger partial charge in [0.1, 0.15) is 5.84 Å². The molecule has 1 aromatic rings. The smallest absolute Gasteiger partial charge is 0.128 e. The molecule has 3 rings (SSSR count). The maximum absolute atomic E-state index is 8.41. The van der Waals surface area contributed by atoms with Crippen molar-refractivity contribution in [3.8, 4) is 0 Å². The average Bonchev–Trinajstić information content (AvgIpc) is 2.85. The molecular formula is C15H21N3. The molecule has 0 saturated carbocycles. The number of piperazine rings is 1. The molecule has 0 aromatic heterocycles. The molecule has 3 nitrogen and oxygen atoms in total. The van der Waals surface area contributed by atoms with Crippen LogP contribution in [0.3, 0.4) is 0 Å². The fourth-order valence-corrected chi connectivity index (χ4v) is 3.26. The molecule has 1 aromatic carbocycles. The number of fused-ring (bicyclic) bond motifs is 1. The van der Waals surface area contributed by atoms with Crippen LogP contribution in [0.4, 0.5) is 0 Å². The van der Waals surface area contributed by atoms with Crippen molar-refractivity contribution in [2.24, 2.45) is 0 Å². The van der Waals surface area contributed by atoms with Crippen molar-refractivity contribution in [2.75, 3.05) is 19.6 Å². The Balaban J connectivity index is 1.77. The first kappa shape index (κ1) is 11.7. The van der Waals surface area contributed by atoms with Crippen LogP contribution in [0.15, 0.2) is 30.3 Å². The molecule has 1 N–H and O–H groups in total. The minimum atomic E-state index is 0.451. The molecule has 96 valence electrons. The summed E-state index contributed by atoms with van der Waals surface area (Å²) in [5.41, 5.74) is 1.04. The second-order valence-corrected chi connectivity index (χ2v) is 5.51. The highest BCUT2D eigenvalue weighted by molar-refractivity contribution is 5.96. The number of hydrogen-bond acceptors (Lipinski definition) is 2. The maximum Gasteiger partial charge on any atom is 0.128 e. The van der Waals surface area contributed by atoms with Crippen LogP contribution in [-0.2, 0) is 0 Å². The summed E-state index contributed by atoms with van der Waals surface area (Å²) >= 11 is 0. The number of hydrogen-bond donors (Lipinski definition) is 1. The van der Waals surface area contributed by atoms with Gasteiger partial charge in [0.2, 0.25) is 0 Å². The Morgan fingerprint density at radius 1 is 1.22 bits per heavy atom. The number of rotatable bonds is 1. The normalized spacial score (nSPS) is 28.2. The first-order valence-electron chi connectivity index (χ1n) is 6.90. The van der Waals surface area contributed by atoms with Gasteiger partial charge in [0.25, 0.3) is 0 Å². The van der Waals surface area contributed by atoms with E-state index in [0.29, 0.717) is 17.9 Å². The van der Waals surface area contributed by atoms with E-state index in [9.17, 15) is 0 Å². The fourth-order valence-electron chi connectivity index (χ4n) is 3.26. The van der Waals surface area contributed by atoms with E-state index in [2.05, 4.69) is 16.7 Å². The summed E-state index contributed by atoms with van der Waals surface area (Å²) in [7, 11) is 0. The first-order chi connectivity index (χ1) is 8.75. The minimum Gasteiger partial charge on any atom is -0.351 e. The Kier molecular flexibility index (Phi) is 3.08. The lowest BCUT2D eigenvalue weighted by Crippen LogP contribution is -2.56. The van der Waals surface area contributed by atoms with Crippen molar-refractivity contribution in [1.29, 1.82) is 5.41 Å². The molecule has 0 aliphatic carbocycles. The van der Waals surface area contributed by atoms with E-state index in [0.717, 1.165) is 18.7 Å². The van der Waals surface area contributed by atoms with E-state index < -0.39 is 0 Å². The maximum atomic E-state index is 8.41. The minimum absolute atomic E-state index is 0.451. The molecule has 0 spiro atoms. The summed E-state index contributed by atoms with van der Waals surface area (Å²) in [6.07, 6.45) is 2.62. The molecule has 2 atom stereocenters. The van der Waals surface area contributed by atoms with Gasteiger partial charge in [0, 0.05) is 30.7 Å². The number of amidine groups is 1. The van der Waals surface area contributed by atoms with Crippen molar-refractivity contribution in [3.05, 3.63) is 35.9 Å². The zero-order valence-corrected chi connectivity index (χ0v) is 11.0. The van der Waals surface area contributed by atoms with Gasteiger partial charge in [-0.3, -0.25) is 10.3 Å². The van der Waals surface area contributed by atoms with Gasteiger partial charge in [0.05, 0.1) is 0 Å². The van der Waals surface area contributed by atoms with Crippen LogP contribution in [0, 0.1) is 5.41 Å². The van der Waals surface area contributed by atoms with Crippen molar-refractivity contribution < 1.29 is 0 Å². The molecule has 2 fully saturated rings. The number of nitrogens with one attached hydrogen (secondary N) is 1. The standard InChI is InChI=1S/C15H21N3/c1-12-10-17-9-5-8-14(17)11-18(12)15(16)13-6-3-2-4-7-13/h2-4,6-7,12,14,16H,5,8-11H2,1H3. The van der Waals surface area contributed by atoms with Crippen molar-refractivity contribution in [1.82, 2.24) is 9.80 Å². The zero-order chi connectivity index (χ0) is 12.5. The third-order valence-electron chi connectivity index (χ3n) is 4.27. The van der Waals surface area contributed by atoms with Crippen LogP contribution in [0.5, 0.6) is 0 Å². The molecular weight excluding hydrogens is 222 g/mol. The van der Waals surface area contributed by atoms with Gasteiger partial charge in [-0.15, -0.1) is 0 Å². The predicted molar refractivity (Wildman–Crippen MR) is 74.0 cm³/mol. The van der Waals surface area contributed by atoms with Gasteiger partial charge >= 0.3 is 0 Å². The van der Waals surface area contributed by atoms with Crippen LogP contribution < -0.4 is 0 Å². The first-order valence-corrected chi connectivity index (χ1v) is 6.90. The van der Waals surface area contributed by atoms with Crippen molar-refractivity contribution in [2.45, 2.75) is 31.8 Å². The quantitative estimate of drug-likeness (QED) is 0.605. The lowest BCUT2D eigenvalue weighted by Gasteiger charge is -2.43. The Bertz CT molecular complexity index is 429. The monoisotopic (exact) mass is 243 g/mol. The molecule has 18 heavy (non-hydrogen) atoms. The summed E-state index contributed by atoms with van der Waals surface area (Å²) in [5, 5.41) is 8.41. The molecule has 3 heteroatoms. The molecule has 2 saturated heterocycles. The molecule has 0 radical (unpaired) electrons. The topological polar surface area (TPSA) is 30.3 Å². The van der Waals surface area contributed by atoms with Crippen molar-refractivity contribution in [3.63, 3.8) is 0 Å². The van der Waals surface area contributed by atoms with Crippen molar-refractivity contribution >= 4 is 5.84 Å². The van der Waals surface area contributed by atoms with E-state index in [1.807, 2.05) is 30.3 Å². The van der Waals surface area contributed by atoms with E-state index in [-0.39, 0.29) is 0 Å². The van der Waals surface area contributed by atoms with Crippen LogP contribution in [0.2, 0.25) is 0 Å². The van der Waals surface area contributed by atoms with Crippen LogP contribution in [-0.4, -0.2) is 47.4 Å². The molecule has 2 aliphatic rings. The SMILES string of the molecule is CC1CN2CCCC2CN1C(=N)c1ccccc1. The average molecular weight is 243 g/mol. The van der Waals surface area contributed by atoms with Crippen LogP contribution in [0.25, 0.3) is 0 Å². The summed E-state index contributed by atoms with van der Waals surface area (Å²) in [4.78, 5) is 4.88. The summed E-state index contributed by atoms with van der Waals surface area (Å²) < 4.78 is 0. The van der Waals surface area contributed by atoms with Gasteiger partial charge in [-0.2, -0.15) is 0 Å². The molecule has 2 aliphatic heterocycles. The zero-order valence-electron chi connectivity index (χ0n) is 11.0. The highest BCUT2D eigenvalue weighted by atomic mass is 15.3. The van der Waals surface area contributed by atoms with E-state index in [1.54, 1.807) is 0 Å². The summed E-state index contributed by atoms with van der Waals surface area (Å²) in [5.74, 6) is 0.689. The third kappa shape index (κ3) is 2.03. The van der Waals surface area contributed by atoms with Gasteiger partial charge in [0.15, 0.2) is 0 Å².